The van der Waals surface area contributed by atoms with Crippen LogP contribution in [-0.2, 0) is 19.1 Å². The van der Waals surface area contributed by atoms with Gasteiger partial charge in [0.1, 0.15) is 4.75 Å². The highest BCUT2D eigenvalue weighted by molar-refractivity contribution is 8.25. The average molecular weight is 480 g/mol. The molecule has 1 rings (SSSR count). The summed E-state index contributed by atoms with van der Waals surface area (Å²) >= 11 is 6.58. The van der Waals surface area contributed by atoms with E-state index in [-0.39, 0.29) is 32.3 Å². The molecule has 0 fully saturated rings. The highest BCUT2D eigenvalue weighted by Gasteiger charge is 2.50. The molecular formula is C23H29NO6S2. The maximum Gasteiger partial charge on any atom is 0.322 e. The third-order valence-electron chi connectivity index (χ3n) is 5.22. The number of carboxylic acid groups (broad SMARTS) is 2. The van der Waals surface area contributed by atoms with Crippen molar-refractivity contribution in [2.75, 3.05) is 6.61 Å². The number of carboxylic acids is 2. The van der Waals surface area contributed by atoms with Crippen molar-refractivity contribution < 1.29 is 29.3 Å². The molecule has 3 atom stereocenters. The summed E-state index contributed by atoms with van der Waals surface area (Å²) in [6.07, 6.45) is -0.557. The van der Waals surface area contributed by atoms with Crippen molar-refractivity contribution in [2.45, 2.75) is 58.1 Å². The standard InChI is InChI=1S/C23H29NO6S2/c1-5-30-20(29)23(4,32-18(31)16-9-7-6-8-10-16)14-22(3,19(27)28)13-21(2,15-24)12-11-17(25)26/h6-10H,5,11-14H2,1-4H3,(H,25,26)(H,27,28). The van der Waals surface area contributed by atoms with E-state index in [9.17, 15) is 24.8 Å². The van der Waals surface area contributed by atoms with Crippen molar-refractivity contribution in [1.82, 2.24) is 0 Å². The molecule has 0 aromatic heterocycles. The lowest BCUT2D eigenvalue weighted by molar-refractivity contribution is -0.153. The van der Waals surface area contributed by atoms with E-state index in [1.807, 2.05) is 18.2 Å². The van der Waals surface area contributed by atoms with Gasteiger partial charge < -0.3 is 14.9 Å². The number of thioether (sulfide) groups is 1. The van der Waals surface area contributed by atoms with Gasteiger partial charge in [0.05, 0.1) is 27.7 Å². The molecule has 0 amide bonds. The molecule has 0 spiro atoms. The van der Waals surface area contributed by atoms with Crippen LogP contribution in [0, 0.1) is 22.2 Å². The monoisotopic (exact) mass is 479 g/mol. The first-order chi connectivity index (χ1) is 14.8. The van der Waals surface area contributed by atoms with Gasteiger partial charge in [-0.25, -0.2) is 0 Å². The van der Waals surface area contributed by atoms with Crippen molar-refractivity contribution in [3.05, 3.63) is 35.9 Å². The Morgan fingerprint density at radius 3 is 2.19 bits per heavy atom. The number of aliphatic carboxylic acids is 2. The summed E-state index contributed by atoms with van der Waals surface area (Å²) in [5, 5.41) is 28.8. The van der Waals surface area contributed by atoms with Crippen molar-refractivity contribution in [3.8, 4) is 6.07 Å². The second-order valence-corrected chi connectivity index (χ2v) is 10.7. The van der Waals surface area contributed by atoms with E-state index in [0.29, 0.717) is 4.20 Å². The molecule has 0 saturated carbocycles. The molecule has 2 N–H and O–H groups in total. The number of nitrogens with zero attached hydrogens (tertiary/aromatic N) is 1. The number of carbonyl (C=O) groups is 3. The lowest BCUT2D eigenvalue weighted by atomic mass is 9.68. The molecule has 0 aliphatic carbocycles. The first-order valence-corrected chi connectivity index (χ1v) is 11.4. The summed E-state index contributed by atoms with van der Waals surface area (Å²) in [6.45, 7) is 6.38. The van der Waals surface area contributed by atoms with Crippen LogP contribution in [0.1, 0.15) is 58.9 Å². The Kier molecular flexibility index (Phi) is 9.86. The fourth-order valence-electron chi connectivity index (χ4n) is 3.66. The Bertz CT molecular complexity index is 899. The Hall–Kier alpha value is -2.44. The third-order valence-corrected chi connectivity index (χ3v) is 6.89. The molecule has 0 bridgehead atoms. The second-order valence-electron chi connectivity index (χ2n) is 8.49. The number of hydrogen-bond acceptors (Lipinski definition) is 7. The van der Waals surface area contributed by atoms with Crippen molar-refractivity contribution in [2.24, 2.45) is 10.8 Å². The first-order valence-electron chi connectivity index (χ1n) is 10.1. The summed E-state index contributed by atoms with van der Waals surface area (Å²) in [5.74, 6) is -2.85. The van der Waals surface area contributed by atoms with Crippen LogP contribution in [0.2, 0.25) is 0 Å². The van der Waals surface area contributed by atoms with Gasteiger partial charge in [-0.2, -0.15) is 5.26 Å². The predicted molar refractivity (Wildman–Crippen MR) is 126 cm³/mol. The van der Waals surface area contributed by atoms with Crippen LogP contribution in [0.3, 0.4) is 0 Å². The molecule has 7 nitrogen and oxygen atoms in total. The van der Waals surface area contributed by atoms with Gasteiger partial charge in [-0.1, -0.05) is 54.3 Å². The van der Waals surface area contributed by atoms with E-state index in [2.05, 4.69) is 6.07 Å². The minimum absolute atomic E-state index is 0.00655. The zero-order valence-electron chi connectivity index (χ0n) is 18.7. The first kappa shape index (κ1) is 27.6. The van der Waals surface area contributed by atoms with Gasteiger partial charge in [-0.05, 0) is 52.5 Å². The van der Waals surface area contributed by atoms with Crippen molar-refractivity contribution in [1.29, 1.82) is 5.26 Å². The van der Waals surface area contributed by atoms with Crippen LogP contribution >= 0.6 is 24.0 Å². The number of ether oxygens (including phenoxy) is 1. The van der Waals surface area contributed by atoms with Crippen LogP contribution in [0.25, 0.3) is 0 Å². The van der Waals surface area contributed by atoms with E-state index in [1.165, 1.54) is 6.92 Å². The van der Waals surface area contributed by atoms with Crippen molar-refractivity contribution >= 4 is 46.1 Å². The molecule has 32 heavy (non-hydrogen) atoms. The highest BCUT2D eigenvalue weighted by atomic mass is 32.2. The van der Waals surface area contributed by atoms with Gasteiger partial charge in [0.25, 0.3) is 0 Å². The Morgan fingerprint density at radius 1 is 1.12 bits per heavy atom. The minimum Gasteiger partial charge on any atom is -0.481 e. The molecule has 0 saturated heterocycles. The lowest BCUT2D eigenvalue weighted by Gasteiger charge is -2.38. The van der Waals surface area contributed by atoms with Gasteiger partial charge in [0.15, 0.2) is 0 Å². The molecule has 1 aromatic carbocycles. The van der Waals surface area contributed by atoms with E-state index in [4.69, 9.17) is 22.1 Å². The summed E-state index contributed by atoms with van der Waals surface area (Å²) in [6, 6.07) is 11.1. The SMILES string of the molecule is CCOC(=O)C(C)(CC(C)(CC(C)(C#N)CCC(=O)O)C(=O)O)SC(=S)c1ccccc1. The van der Waals surface area contributed by atoms with Crippen LogP contribution in [0.4, 0.5) is 0 Å². The summed E-state index contributed by atoms with van der Waals surface area (Å²) in [5.41, 5.74) is -1.99. The Morgan fingerprint density at radius 2 is 1.72 bits per heavy atom. The molecule has 0 aliphatic heterocycles. The van der Waals surface area contributed by atoms with E-state index in [0.717, 1.165) is 17.3 Å². The molecule has 3 unspecified atom stereocenters. The Balaban J connectivity index is 3.31. The number of carbonyl (C=O) groups excluding carboxylic acids is 1. The second kappa shape index (κ2) is 11.4. The number of hydrogen-bond donors (Lipinski definition) is 2. The number of nitriles is 1. The van der Waals surface area contributed by atoms with Gasteiger partial charge in [-0.3, -0.25) is 14.4 Å². The topological polar surface area (TPSA) is 125 Å². The number of rotatable bonds is 12. The maximum atomic E-state index is 12.9. The maximum absolute atomic E-state index is 12.9. The number of benzene rings is 1. The summed E-state index contributed by atoms with van der Waals surface area (Å²) in [7, 11) is 0. The van der Waals surface area contributed by atoms with Gasteiger partial charge in [0, 0.05) is 6.42 Å². The smallest absolute Gasteiger partial charge is 0.322 e. The van der Waals surface area contributed by atoms with Gasteiger partial charge in [-0.15, -0.1) is 0 Å². The van der Waals surface area contributed by atoms with Crippen LogP contribution in [0.5, 0.6) is 0 Å². The number of thiocarbonyl (C=S) groups is 1. The fraction of sp³-hybridized carbons (Fsp3) is 0.522. The minimum atomic E-state index is -1.51. The molecule has 1 aromatic rings. The molecule has 0 radical (unpaired) electrons. The van der Waals surface area contributed by atoms with Gasteiger partial charge in [0.2, 0.25) is 0 Å². The van der Waals surface area contributed by atoms with E-state index >= 15 is 0 Å². The average Bonchev–Trinajstić information content (AvgIpc) is 2.72. The van der Waals surface area contributed by atoms with Crippen LogP contribution in [-0.4, -0.2) is 43.7 Å². The molecule has 0 aliphatic rings. The van der Waals surface area contributed by atoms with E-state index in [1.54, 1.807) is 32.9 Å². The lowest BCUT2D eigenvalue weighted by Crippen LogP contribution is -2.45. The zero-order chi connectivity index (χ0) is 24.6. The largest absolute Gasteiger partial charge is 0.481 e. The summed E-state index contributed by atoms with van der Waals surface area (Å²) < 4.78 is 4.33. The predicted octanol–water partition coefficient (Wildman–Crippen LogP) is 4.68. The quantitative estimate of drug-likeness (QED) is 0.324. The van der Waals surface area contributed by atoms with Gasteiger partial charge >= 0.3 is 17.9 Å². The van der Waals surface area contributed by atoms with Crippen LogP contribution < -0.4 is 0 Å². The van der Waals surface area contributed by atoms with Crippen LogP contribution in [0.15, 0.2) is 30.3 Å². The fourth-order valence-corrected chi connectivity index (χ4v) is 5.54. The number of esters is 1. The third kappa shape index (κ3) is 7.61. The summed E-state index contributed by atoms with van der Waals surface area (Å²) in [4.78, 5) is 36.3. The normalized spacial score (nSPS) is 16.5. The zero-order valence-corrected chi connectivity index (χ0v) is 20.3. The molecule has 174 valence electrons. The Labute approximate surface area is 198 Å². The highest BCUT2D eigenvalue weighted by Crippen LogP contribution is 2.47. The molecular weight excluding hydrogens is 450 g/mol. The molecule has 9 heteroatoms. The van der Waals surface area contributed by atoms with E-state index < -0.39 is 33.5 Å². The van der Waals surface area contributed by atoms with Crippen molar-refractivity contribution in [3.63, 3.8) is 0 Å². The molecule has 0 heterocycles.